The van der Waals surface area contributed by atoms with Crippen LogP contribution in [0.2, 0.25) is 0 Å². The van der Waals surface area contributed by atoms with Gasteiger partial charge in [-0.05, 0) is 24.5 Å². The van der Waals surface area contributed by atoms with Crippen LogP contribution in [0.3, 0.4) is 0 Å². The molecule has 2 atom stereocenters. The van der Waals surface area contributed by atoms with Crippen LogP contribution in [-0.2, 0) is 4.74 Å². The number of hydrogen-bond donors (Lipinski definition) is 1. The van der Waals surface area contributed by atoms with E-state index in [-0.39, 0.29) is 0 Å². The van der Waals surface area contributed by atoms with Gasteiger partial charge < -0.3 is 15.4 Å². The van der Waals surface area contributed by atoms with Crippen molar-refractivity contribution in [3.05, 3.63) is 24.3 Å². The molecule has 0 amide bonds. The number of hydrogen-bond acceptors (Lipinski definition) is 3. The van der Waals surface area contributed by atoms with Gasteiger partial charge in [-0.15, -0.1) is 0 Å². The SMILES string of the molecule is Nc1ccccc1N1CCC2COCC2C1. The first-order chi connectivity index (χ1) is 7.84. The quantitative estimate of drug-likeness (QED) is 0.730. The Balaban J connectivity index is 1.79. The number of benzene rings is 1. The molecule has 2 aliphatic heterocycles. The van der Waals surface area contributed by atoms with Gasteiger partial charge in [0.05, 0.1) is 18.0 Å². The Kier molecular flexibility index (Phi) is 2.48. The Morgan fingerprint density at radius 3 is 2.88 bits per heavy atom. The summed E-state index contributed by atoms with van der Waals surface area (Å²) < 4.78 is 5.55. The monoisotopic (exact) mass is 218 g/mol. The van der Waals surface area contributed by atoms with Gasteiger partial charge in [-0.1, -0.05) is 12.1 Å². The summed E-state index contributed by atoms with van der Waals surface area (Å²) in [5.41, 5.74) is 8.09. The third kappa shape index (κ3) is 1.65. The van der Waals surface area contributed by atoms with Crippen molar-refractivity contribution >= 4 is 11.4 Å². The van der Waals surface area contributed by atoms with Crippen LogP contribution < -0.4 is 10.6 Å². The van der Waals surface area contributed by atoms with E-state index in [1.54, 1.807) is 0 Å². The summed E-state index contributed by atoms with van der Waals surface area (Å²) in [4.78, 5) is 2.41. The Morgan fingerprint density at radius 1 is 1.19 bits per heavy atom. The minimum absolute atomic E-state index is 0.702. The predicted molar refractivity (Wildman–Crippen MR) is 65.5 cm³/mol. The van der Waals surface area contributed by atoms with Crippen LogP contribution in [0.25, 0.3) is 0 Å². The van der Waals surface area contributed by atoms with Gasteiger partial charge in [0.15, 0.2) is 0 Å². The molecular formula is C13H18N2O. The number of rotatable bonds is 1. The van der Waals surface area contributed by atoms with E-state index in [2.05, 4.69) is 17.0 Å². The van der Waals surface area contributed by atoms with Gasteiger partial charge in [0.1, 0.15) is 0 Å². The number of piperidine rings is 1. The summed E-state index contributed by atoms with van der Waals surface area (Å²) in [6.07, 6.45) is 1.24. The maximum absolute atomic E-state index is 6.02. The Morgan fingerprint density at radius 2 is 2.00 bits per heavy atom. The summed E-state index contributed by atoms with van der Waals surface area (Å²) in [5.74, 6) is 1.48. The smallest absolute Gasteiger partial charge is 0.0600 e. The number of anilines is 2. The van der Waals surface area contributed by atoms with E-state index in [1.165, 1.54) is 12.1 Å². The summed E-state index contributed by atoms with van der Waals surface area (Å²) in [7, 11) is 0. The Bertz CT molecular complexity index is 380. The Labute approximate surface area is 96.2 Å². The number of nitrogens with two attached hydrogens (primary N) is 1. The van der Waals surface area contributed by atoms with Crippen molar-refractivity contribution in [2.24, 2.45) is 11.8 Å². The van der Waals surface area contributed by atoms with Crippen molar-refractivity contribution in [1.82, 2.24) is 0 Å². The first kappa shape index (κ1) is 9.97. The van der Waals surface area contributed by atoms with Gasteiger partial charge >= 0.3 is 0 Å². The third-order valence-corrected chi connectivity index (χ3v) is 3.83. The highest BCUT2D eigenvalue weighted by Gasteiger charge is 2.34. The topological polar surface area (TPSA) is 38.5 Å². The molecule has 2 heterocycles. The lowest BCUT2D eigenvalue weighted by Gasteiger charge is -2.36. The lowest BCUT2D eigenvalue weighted by Crippen LogP contribution is -2.40. The number of fused-ring (bicyclic) bond motifs is 1. The second-order valence-electron chi connectivity index (χ2n) is 4.85. The Hall–Kier alpha value is -1.22. The molecule has 2 saturated heterocycles. The molecule has 0 bridgehead atoms. The average molecular weight is 218 g/mol. The first-order valence-electron chi connectivity index (χ1n) is 6.02. The zero-order valence-electron chi connectivity index (χ0n) is 9.43. The maximum atomic E-state index is 6.02. The molecule has 0 radical (unpaired) electrons. The molecule has 0 spiro atoms. The molecule has 16 heavy (non-hydrogen) atoms. The van der Waals surface area contributed by atoms with E-state index < -0.39 is 0 Å². The molecule has 0 aromatic heterocycles. The highest BCUT2D eigenvalue weighted by molar-refractivity contribution is 5.67. The van der Waals surface area contributed by atoms with E-state index >= 15 is 0 Å². The molecule has 1 aromatic rings. The van der Waals surface area contributed by atoms with Crippen LogP contribution in [0, 0.1) is 11.8 Å². The fraction of sp³-hybridized carbons (Fsp3) is 0.538. The molecule has 3 nitrogen and oxygen atoms in total. The highest BCUT2D eigenvalue weighted by atomic mass is 16.5. The number of nitrogen functional groups attached to an aromatic ring is 1. The molecule has 86 valence electrons. The number of ether oxygens (including phenoxy) is 1. The van der Waals surface area contributed by atoms with Gasteiger partial charge in [0.2, 0.25) is 0 Å². The minimum Gasteiger partial charge on any atom is -0.397 e. The van der Waals surface area contributed by atoms with E-state index in [9.17, 15) is 0 Å². The predicted octanol–water partition coefficient (Wildman–Crippen LogP) is 1.74. The van der Waals surface area contributed by atoms with Gasteiger partial charge in [0, 0.05) is 25.6 Å². The van der Waals surface area contributed by atoms with Crippen LogP contribution in [0.5, 0.6) is 0 Å². The lowest BCUT2D eigenvalue weighted by atomic mass is 9.88. The molecule has 3 heteroatoms. The van der Waals surface area contributed by atoms with Crippen molar-refractivity contribution in [2.75, 3.05) is 36.9 Å². The summed E-state index contributed by atoms with van der Waals surface area (Å²) in [6.45, 7) is 4.09. The molecule has 3 rings (SSSR count). The third-order valence-electron chi connectivity index (χ3n) is 3.83. The van der Waals surface area contributed by atoms with Crippen molar-refractivity contribution in [2.45, 2.75) is 6.42 Å². The molecule has 2 fully saturated rings. The summed E-state index contributed by atoms with van der Waals surface area (Å²) >= 11 is 0. The molecule has 2 aliphatic rings. The molecule has 2 unspecified atom stereocenters. The molecule has 0 aliphatic carbocycles. The minimum atomic E-state index is 0.702. The summed E-state index contributed by atoms with van der Waals surface area (Å²) in [5, 5.41) is 0. The molecule has 2 N–H and O–H groups in total. The average Bonchev–Trinajstić information content (AvgIpc) is 2.76. The number of nitrogens with zero attached hydrogens (tertiary/aromatic N) is 1. The van der Waals surface area contributed by atoms with Crippen LogP contribution in [0.15, 0.2) is 24.3 Å². The zero-order valence-corrected chi connectivity index (χ0v) is 9.43. The fourth-order valence-corrected chi connectivity index (χ4v) is 2.85. The van der Waals surface area contributed by atoms with Crippen molar-refractivity contribution in [3.63, 3.8) is 0 Å². The van der Waals surface area contributed by atoms with Crippen LogP contribution in [0.4, 0.5) is 11.4 Å². The van der Waals surface area contributed by atoms with E-state index in [1.807, 2.05) is 12.1 Å². The van der Waals surface area contributed by atoms with Crippen LogP contribution in [0.1, 0.15) is 6.42 Å². The van der Waals surface area contributed by atoms with E-state index in [4.69, 9.17) is 10.5 Å². The van der Waals surface area contributed by atoms with Gasteiger partial charge in [-0.3, -0.25) is 0 Å². The van der Waals surface area contributed by atoms with Gasteiger partial charge in [-0.2, -0.15) is 0 Å². The molecular weight excluding hydrogens is 200 g/mol. The van der Waals surface area contributed by atoms with Gasteiger partial charge in [-0.25, -0.2) is 0 Å². The van der Waals surface area contributed by atoms with Crippen LogP contribution in [-0.4, -0.2) is 26.3 Å². The molecule has 1 aromatic carbocycles. The van der Waals surface area contributed by atoms with E-state index in [0.717, 1.165) is 37.9 Å². The van der Waals surface area contributed by atoms with Crippen molar-refractivity contribution < 1.29 is 4.74 Å². The summed E-state index contributed by atoms with van der Waals surface area (Å²) in [6, 6.07) is 8.14. The lowest BCUT2D eigenvalue weighted by molar-refractivity contribution is 0.182. The van der Waals surface area contributed by atoms with Gasteiger partial charge in [0.25, 0.3) is 0 Å². The fourth-order valence-electron chi connectivity index (χ4n) is 2.85. The number of para-hydroxylation sites is 2. The largest absolute Gasteiger partial charge is 0.397 e. The van der Waals surface area contributed by atoms with Crippen molar-refractivity contribution in [3.8, 4) is 0 Å². The second-order valence-corrected chi connectivity index (χ2v) is 4.85. The standard InChI is InChI=1S/C13H18N2O/c14-12-3-1-2-4-13(12)15-6-5-10-8-16-9-11(10)7-15/h1-4,10-11H,5-9,14H2. The zero-order chi connectivity index (χ0) is 11.0. The van der Waals surface area contributed by atoms with Crippen molar-refractivity contribution in [1.29, 1.82) is 0 Å². The second kappa shape index (κ2) is 3.98. The van der Waals surface area contributed by atoms with Crippen LogP contribution >= 0.6 is 0 Å². The maximum Gasteiger partial charge on any atom is 0.0600 e. The van der Waals surface area contributed by atoms with E-state index in [0.29, 0.717) is 5.92 Å². The normalized spacial score (nSPS) is 29.1. The first-order valence-corrected chi connectivity index (χ1v) is 6.02. The highest BCUT2D eigenvalue weighted by Crippen LogP contribution is 2.33. The molecule has 0 saturated carbocycles.